The molecule has 1 saturated heterocycles. The molecule has 2 rings (SSSR count). The molecule has 0 spiro atoms. The maximum atomic E-state index is 12.7. The molecule has 1 aromatic carbocycles. The third-order valence-electron chi connectivity index (χ3n) is 5.28. The van der Waals surface area contributed by atoms with Crippen molar-refractivity contribution in [1.29, 1.82) is 0 Å². The van der Waals surface area contributed by atoms with Gasteiger partial charge in [-0.3, -0.25) is 14.4 Å². The average Bonchev–Trinajstić information content (AvgIpc) is 2.63. The number of amides is 3. The van der Waals surface area contributed by atoms with Gasteiger partial charge in [0.2, 0.25) is 17.7 Å². The molecular weight excluding hydrogens is 354 g/mol. The van der Waals surface area contributed by atoms with Crippen LogP contribution in [0.2, 0.25) is 0 Å². The second-order valence-electron chi connectivity index (χ2n) is 8.83. The van der Waals surface area contributed by atoms with Crippen molar-refractivity contribution < 1.29 is 14.4 Å². The first-order valence-corrected chi connectivity index (χ1v) is 9.91. The Morgan fingerprint density at radius 2 is 1.64 bits per heavy atom. The van der Waals surface area contributed by atoms with Crippen LogP contribution in [0.5, 0.6) is 0 Å². The normalized spacial score (nSPS) is 15.3. The molecule has 0 unspecified atom stereocenters. The summed E-state index contributed by atoms with van der Waals surface area (Å²) in [6.07, 6.45) is 1.28. The van der Waals surface area contributed by atoms with Gasteiger partial charge < -0.3 is 15.1 Å². The van der Waals surface area contributed by atoms with Crippen LogP contribution in [0.1, 0.15) is 44.7 Å². The third-order valence-corrected chi connectivity index (χ3v) is 5.28. The number of carbonyl (C=O) groups excluding carboxylic acids is 3. The first-order chi connectivity index (χ1) is 13.0. The van der Waals surface area contributed by atoms with Crippen LogP contribution in [0.25, 0.3) is 0 Å². The molecule has 0 atom stereocenters. The Kier molecular flexibility index (Phi) is 6.86. The van der Waals surface area contributed by atoms with Gasteiger partial charge in [-0.25, -0.2) is 0 Å². The zero-order valence-electron chi connectivity index (χ0n) is 18.0. The predicted octanol–water partition coefficient (Wildman–Crippen LogP) is 2.99. The zero-order valence-corrected chi connectivity index (χ0v) is 18.0. The van der Waals surface area contributed by atoms with E-state index in [4.69, 9.17) is 0 Å². The number of rotatable bonds is 4. The highest BCUT2D eigenvalue weighted by Gasteiger charge is 2.33. The molecule has 6 nitrogen and oxygen atoms in total. The van der Waals surface area contributed by atoms with E-state index in [1.165, 1.54) is 4.90 Å². The second kappa shape index (κ2) is 8.76. The predicted molar refractivity (Wildman–Crippen MR) is 111 cm³/mol. The van der Waals surface area contributed by atoms with Gasteiger partial charge in [-0.05, 0) is 37.8 Å². The van der Waals surface area contributed by atoms with E-state index in [0.29, 0.717) is 25.9 Å². The average molecular weight is 388 g/mol. The molecule has 0 bridgehead atoms. The summed E-state index contributed by atoms with van der Waals surface area (Å²) in [5.74, 6) is -0.241. The van der Waals surface area contributed by atoms with Crippen LogP contribution in [0.15, 0.2) is 18.2 Å². The standard InChI is InChI=1S/C22H33N3O3/c1-15-8-7-9-16(2)19(15)23-18(26)14-24(6)20(27)17-10-12-25(13-11-17)21(28)22(3,4)5/h7-9,17H,10-14H2,1-6H3,(H,23,26). The molecule has 1 heterocycles. The van der Waals surface area contributed by atoms with Gasteiger partial charge in [0.15, 0.2) is 0 Å². The van der Waals surface area contributed by atoms with Crippen LogP contribution in [0.4, 0.5) is 5.69 Å². The number of anilines is 1. The highest BCUT2D eigenvalue weighted by Crippen LogP contribution is 2.25. The molecule has 6 heteroatoms. The summed E-state index contributed by atoms with van der Waals surface area (Å²) >= 11 is 0. The molecule has 154 valence electrons. The number of para-hydroxylation sites is 1. The van der Waals surface area contributed by atoms with E-state index in [0.717, 1.165) is 16.8 Å². The summed E-state index contributed by atoms with van der Waals surface area (Å²) in [6, 6.07) is 5.85. The zero-order chi connectivity index (χ0) is 21.1. The van der Waals surface area contributed by atoms with Gasteiger partial charge in [0.1, 0.15) is 0 Å². The minimum atomic E-state index is -0.403. The van der Waals surface area contributed by atoms with Crippen LogP contribution in [0.3, 0.4) is 0 Å². The number of piperidine rings is 1. The maximum absolute atomic E-state index is 12.7. The highest BCUT2D eigenvalue weighted by molar-refractivity contribution is 5.96. The van der Waals surface area contributed by atoms with Gasteiger partial charge in [0.05, 0.1) is 6.54 Å². The molecule has 1 fully saturated rings. The SMILES string of the molecule is Cc1cccc(C)c1NC(=O)CN(C)C(=O)C1CCN(C(=O)C(C)(C)C)CC1. The Balaban J connectivity index is 1.88. The van der Waals surface area contributed by atoms with Gasteiger partial charge in [-0.1, -0.05) is 39.0 Å². The van der Waals surface area contributed by atoms with Crippen molar-refractivity contribution in [3.05, 3.63) is 29.3 Å². The fourth-order valence-corrected chi connectivity index (χ4v) is 3.60. The number of likely N-dealkylation sites (tertiary alicyclic amines) is 1. The Morgan fingerprint density at radius 3 is 2.14 bits per heavy atom. The number of nitrogens with one attached hydrogen (secondary N) is 1. The molecular formula is C22H33N3O3. The first kappa shape index (κ1) is 21.9. The van der Waals surface area contributed by atoms with Crippen molar-refractivity contribution in [2.24, 2.45) is 11.3 Å². The van der Waals surface area contributed by atoms with E-state index >= 15 is 0 Å². The second-order valence-corrected chi connectivity index (χ2v) is 8.83. The Labute approximate surface area is 168 Å². The summed E-state index contributed by atoms with van der Waals surface area (Å²) in [4.78, 5) is 40.9. The molecule has 1 aromatic rings. The minimum absolute atomic E-state index is 0.0216. The minimum Gasteiger partial charge on any atom is -0.342 e. The van der Waals surface area contributed by atoms with Gasteiger partial charge in [0, 0.05) is 37.2 Å². The summed E-state index contributed by atoms with van der Waals surface area (Å²) in [7, 11) is 1.67. The van der Waals surface area contributed by atoms with E-state index in [1.807, 2.05) is 57.7 Å². The molecule has 0 aromatic heterocycles. The van der Waals surface area contributed by atoms with E-state index in [1.54, 1.807) is 7.05 Å². The summed E-state index contributed by atoms with van der Waals surface area (Å²) in [5, 5.41) is 2.92. The number of aryl methyl sites for hydroxylation is 2. The molecule has 1 aliphatic rings. The number of hydrogen-bond donors (Lipinski definition) is 1. The molecule has 1 N–H and O–H groups in total. The van der Waals surface area contributed by atoms with E-state index in [2.05, 4.69) is 5.32 Å². The third kappa shape index (κ3) is 5.33. The molecule has 3 amide bonds. The van der Waals surface area contributed by atoms with Crippen molar-refractivity contribution in [2.75, 3.05) is 32.0 Å². The van der Waals surface area contributed by atoms with Crippen LogP contribution in [-0.4, -0.2) is 54.2 Å². The van der Waals surface area contributed by atoms with Crippen molar-refractivity contribution >= 4 is 23.4 Å². The number of carbonyl (C=O) groups is 3. The van der Waals surface area contributed by atoms with Crippen molar-refractivity contribution in [3.8, 4) is 0 Å². The Morgan fingerprint density at radius 1 is 1.11 bits per heavy atom. The van der Waals surface area contributed by atoms with Crippen LogP contribution >= 0.6 is 0 Å². The number of benzene rings is 1. The summed E-state index contributed by atoms with van der Waals surface area (Å²) in [6.45, 7) is 10.8. The smallest absolute Gasteiger partial charge is 0.243 e. The quantitative estimate of drug-likeness (QED) is 0.863. The highest BCUT2D eigenvalue weighted by atomic mass is 16.2. The fraction of sp³-hybridized carbons (Fsp3) is 0.591. The van der Waals surface area contributed by atoms with Crippen molar-refractivity contribution in [1.82, 2.24) is 9.80 Å². The summed E-state index contributed by atoms with van der Waals surface area (Å²) in [5.41, 5.74) is 2.40. The Bertz CT molecular complexity index is 724. The van der Waals surface area contributed by atoms with Gasteiger partial charge in [-0.2, -0.15) is 0 Å². The van der Waals surface area contributed by atoms with Crippen LogP contribution in [0, 0.1) is 25.2 Å². The van der Waals surface area contributed by atoms with Crippen LogP contribution < -0.4 is 5.32 Å². The van der Waals surface area contributed by atoms with E-state index < -0.39 is 5.41 Å². The lowest BCUT2D eigenvalue weighted by Crippen LogP contribution is -2.47. The van der Waals surface area contributed by atoms with Gasteiger partial charge >= 0.3 is 0 Å². The number of nitrogens with zero attached hydrogens (tertiary/aromatic N) is 2. The maximum Gasteiger partial charge on any atom is 0.243 e. The number of hydrogen-bond acceptors (Lipinski definition) is 3. The van der Waals surface area contributed by atoms with Gasteiger partial charge in [0.25, 0.3) is 0 Å². The monoisotopic (exact) mass is 387 g/mol. The van der Waals surface area contributed by atoms with Crippen LogP contribution in [-0.2, 0) is 14.4 Å². The van der Waals surface area contributed by atoms with E-state index in [9.17, 15) is 14.4 Å². The van der Waals surface area contributed by atoms with Crippen molar-refractivity contribution in [3.63, 3.8) is 0 Å². The molecule has 0 radical (unpaired) electrons. The molecule has 0 saturated carbocycles. The lowest BCUT2D eigenvalue weighted by molar-refractivity contribution is -0.144. The van der Waals surface area contributed by atoms with E-state index in [-0.39, 0.29) is 30.2 Å². The topological polar surface area (TPSA) is 69.7 Å². The molecule has 1 aliphatic heterocycles. The number of likely N-dealkylation sites (N-methyl/N-ethyl adjacent to an activating group) is 1. The van der Waals surface area contributed by atoms with Crippen molar-refractivity contribution in [2.45, 2.75) is 47.5 Å². The largest absolute Gasteiger partial charge is 0.342 e. The lowest BCUT2D eigenvalue weighted by atomic mass is 9.90. The van der Waals surface area contributed by atoms with Gasteiger partial charge in [-0.15, -0.1) is 0 Å². The molecule has 0 aliphatic carbocycles. The first-order valence-electron chi connectivity index (χ1n) is 9.91. The lowest BCUT2D eigenvalue weighted by Gasteiger charge is -2.36. The molecule has 28 heavy (non-hydrogen) atoms. The fourth-order valence-electron chi connectivity index (χ4n) is 3.60. The Hall–Kier alpha value is -2.37. The summed E-state index contributed by atoms with van der Waals surface area (Å²) < 4.78 is 0.